The second kappa shape index (κ2) is 7.02. The predicted octanol–water partition coefficient (Wildman–Crippen LogP) is 0.192. The van der Waals surface area contributed by atoms with Gasteiger partial charge in [0.25, 0.3) is 0 Å². The van der Waals surface area contributed by atoms with Gasteiger partial charge in [-0.3, -0.25) is 4.68 Å². The van der Waals surface area contributed by atoms with Crippen molar-refractivity contribution in [3.8, 4) is 0 Å². The molecule has 1 fully saturated rings. The van der Waals surface area contributed by atoms with Crippen molar-refractivity contribution in [3.05, 3.63) is 18.5 Å². The fourth-order valence-corrected chi connectivity index (χ4v) is 3.50. The van der Waals surface area contributed by atoms with Crippen molar-refractivity contribution >= 4 is 10.0 Å². The lowest BCUT2D eigenvalue weighted by molar-refractivity contribution is 0.365. The lowest BCUT2D eigenvalue weighted by atomic mass is 9.96. The number of piperidine rings is 1. The Morgan fingerprint density at radius 3 is 2.84 bits per heavy atom. The highest BCUT2D eigenvalue weighted by Crippen LogP contribution is 2.16. The molecule has 1 aromatic heterocycles. The Hall–Kier alpha value is -0.920. The minimum absolute atomic E-state index is 0.233. The van der Waals surface area contributed by atoms with Crippen molar-refractivity contribution in [2.75, 3.05) is 25.4 Å². The zero-order valence-electron chi connectivity index (χ0n) is 11.1. The van der Waals surface area contributed by atoms with E-state index in [0.29, 0.717) is 19.0 Å². The van der Waals surface area contributed by atoms with Crippen LogP contribution in [0.1, 0.15) is 19.3 Å². The number of nitrogens with one attached hydrogen (secondary N) is 2. The minimum atomic E-state index is -3.15. The fourth-order valence-electron chi connectivity index (χ4n) is 2.31. The third kappa shape index (κ3) is 5.30. The molecule has 0 saturated carbocycles. The van der Waals surface area contributed by atoms with Crippen molar-refractivity contribution in [2.24, 2.45) is 5.92 Å². The molecular formula is C12H22N4O2S. The fraction of sp³-hybridized carbons (Fsp3) is 0.750. The molecule has 0 aromatic carbocycles. The van der Waals surface area contributed by atoms with Crippen LogP contribution in [-0.4, -0.2) is 43.6 Å². The quantitative estimate of drug-likeness (QED) is 0.750. The second-order valence-electron chi connectivity index (χ2n) is 4.96. The predicted molar refractivity (Wildman–Crippen MR) is 74.2 cm³/mol. The number of hydrogen-bond donors (Lipinski definition) is 2. The third-order valence-corrected chi connectivity index (χ3v) is 4.89. The molecule has 1 aliphatic rings. The van der Waals surface area contributed by atoms with Gasteiger partial charge in [-0.15, -0.1) is 0 Å². The summed E-state index contributed by atoms with van der Waals surface area (Å²) in [5.74, 6) is 0.778. The SMILES string of the molecule is O=S(=O)(CCC1CCNCC1)NCCn1cccn1. The molecule has 19 heavy (non-hydrogen) atoms. The molecule has 0 aliphatic carbocycles. The van der Waals surface area contributed by atoms with Gasteiger partial charge in [0, 0.05) is 18.9 Å². The van der Waals surface area contributed by atoms with Crippen LogP contribution in [0, 0.1) is 5.92 Å². The molecule has 7 heteroatoms. The van der Waals surface area contributed by atoms with Gasteiger partial charge >= 0.3 is 0 Å². The van der Waals surface area contributed by atoms with Crippen LogP contribution in [0.15, 0.2) is 18.5 Å². The molecule has 0 atom stereocenters. The van der Waals surface area contributed by atoms with E-state index in [2.05, 4.69) is 15.1 Å². The summed E-state index contributed by atoms with van der Waals surface area (Å²) in [4.78, 5) is 0. The van der Waals surface area contributed by atoms with Gasteiger partial charge in [-0.25, -0.2) is 13.1 Å². The summed E-state index contributed by atoms with van der Waals surface area (Å²) in [6.07, 6.45) is 6.44. The Morgan fingerprint density at radius 1 is 1.37 bits per heavy atom. The Morgan fingerprint density at radius 2 is 2.16 bits per heavy atom. The van der Waals surface area contributed by atoms with Crippen molar-refractivity contribution < 1.29 is 8.42 Å². The summed E-state index contributed by atoms with van der Waals surface area (Å²) < 4.78 is 28.0. The molecule has 108 valence electrons. The van der Waals surface area contributed by atoms with E-state index in [0.717, 1.165) is 32.4 Å². The van der Waals surface area contributed by atoms with Gasteiger partial charge in [0.2, 0.25) is 10.0 Å². The van der Waals surface area contributed by atoms with E-state index >= 15 is 0 Å². The molecule has 6 nitrogen and oxygen atoms in total. The van der Waals surface area contributed by atoms with E-state index in [1.54, 1.807) is 10.9 Å². The number of aromatic nitrogens is 2. The summed E-state index contributed by atoms with van der Waals surface area (Å²) in [5.41, 5.74) is 0. The van der Waals surface area contributed by atoms with Crippen molar-refractivity contribution in [1.29, 1.82) is 0 Å². The average molecular weight is 286 g/mol. The van der Waals surface area contributed by atoms with Crippen molar-refractivity contribution in [2.45, 2.75) is 25.8 Å². The molecule has 2 heterocycles. The van der Waals surface area contributed by atoms with Crippen LogP contribution < -0.4 is 10.0 Å². The molecule has 0 amide bonds. The summed E-state index contributed by atoms with van der Waals surface area (Å²) in [6, 6.07) is 1.83. The second-order valence-corrected chi connectivity index (χ2v) is 6.89. The highest BCUT2D eigenvalue weighted by molar-refractivity contribution is 7.89. The molecule has 1 aliphatic heterocycles. The lowest BCUT2D eigenvalue weighted by Crippen LogP contribution is -2.32. The Kier molecular flexibility index (Phi) is 5.35. The molecule has 1 aromatic rings. The van der Waals surface area contributed by atoms with Gasteiger partial charge in [0.15, 0.2) is 0 Å². The number of hydrogen-bond acceptors (Lipinski definition) is 4. The van der Waals surface area contributed by atoms with Gasteiger partial charge < -0.3 is 5.32 Å². The van der Waals surface area contributed by atoms with Gasteiger partial charge in [-0.1, -0.05) is 0 Å². The van der Waals surface area contributed by atoms with Crippen LogP contribution in [0.2, 0.25) is 0 Å². The maximum absolute atomic E-state index is 11.8. The Balaban J connectivity index is 1.66. The van der Waals surface area contributed by atoms with Crippen molar-refractivity contribution in [3.63, 3.8) is 0 Å². The topological polar surface area (TPSA) is 76.0 Å². The molecule has 2 rings (SSSR count). The van der Waals surface area contributed by atoms with Crippen LogP contribution in [0.5, 0.6) is 0 Å². The zero-order chi connectivity index (χ0) is 13.6. The summed E-state index contributed by atoms with van der Waals surface area (Å²) in [5, 5.41) is 7.32. The van der Waals surface area contributed by atoms with Crippen molar-refractivity contribution in [1.82, 2.24) is 19.8 Å². The maximum Gasteiger partial charge on any atom is 0.211 e. The van der Waals surface area contributed by atoms with Crippen LogP contribution in [0.4, 0.5) is 0 Å². The molecule has 2 N–H and O–H groups in total. The highest BCUT2D eigenvalue weighted by atomic mass is 32.2. The normalized spacial score (nSPS) is 17.7. The monoisotopic (exact) mass is 286 g/mol. The first kappa shape index (κ1) is 14.5. The molecule has 0 spiro atoms. The summed E-state index contributed by atoms with van der Waals surface area (Å²) in [7, 11) is -3.15. The van der Waals surface area contributed by atoms with E-state index in [-0.39, 0.29) is 5.75 Å². The van der Waals surface area contributed by atoms with Gasteiger partial charge in [-0.05, 0) is 44.3 Å². The molecule has 0 unspecified atom stereocenters. The smallest absolute Gasteiger partial charge is 0.211 e. The van der Waals surface area contributed by atoms with E-state index in [4.69, 9.17) is 0 Å². The van der Waals surface area contributed by atoms with E-state index in [9.17, 15) is 8.42 Å². The molecule has 0 bridgehead atoms. The standard InChI is InChI=1S/C12H22N4O2S/c17-19(18,11-4-12-2-6-13-7-3-12)15-8-10-16-9-1-5-14-16/h1,5,9,12-13,15H,2-4,6-8,10-11H2. The van der Waals surface area contributed by atoms with Gasteiger partial charge in [0.05, 0.1) is 12.3 Å². The van der Waals surface area contributed by atoms with E-state index in [1.165, 1.54) is 0 Å². The lowest BCUT2D eigenvalue weighted by Gasteiger charge is -2.22. The summed E-state index contributed by atoms with van der Waals surface area (Å²) in [6.45, 7) is 2.99. The first-order valence-electron chi connectivity index (χ1n) is 6.81. The Bertz CT molecular complexity index is 452. The number of sulfonamides is 1. The number of nitrogens with zero attached hydrogens (tertiary/aromatic N) is 2. The van der Waals surface area contributed by atoms with E-state index in [1.807, 2.05) is 12.3 Å². The highest BCUT2D eigenvalue weighted by Gasteiger charge is 2.17. The third-order valence-electron chi connectivity index (χ3n) is 3.48. The van der Waals surface area contributed by atoms with Gasteiger partial charge in [-0.2, -0.15) is 5.10 Å². The minimum Gasteiger partial charge on any atom is -0.317 e. The van der Waals surface area contributed by atoms with Gasteiger partial charge in [0.1, 0.15) is 0 Å². The number of rotatable bonds is 7. The Labute approximate surface area is 114 Å². The molecular weight excluding hydrogens is 264 g/mol. The van der Waals surface area contributed by atoms with E-state index < -0.39 is 10.0 Å². The van der Waals surface area contributed by atoms with Crippen LogP contribution in [-0.2, 0) is 16.6 Å². The molecule has 1 saturated heterocycles. The van der Waals surface area contributed by atoms with Crippen LogP contribution >= 0.6 is 0 Å². The van der Waals surface area contributed by atoms with Crippen LogP contribution in [0.25, 0.3) is 0 Å². The largest absolute Gasteiger partial charge is 0.317 e. The van der Waals surface area contributed by atoms with Crippen LogP contribution in [0.3, 0.4) is 0 Å². The zero-order valence-corrected chi connectivity index (χ0v) is 11.9. The first-order valence-corrected chi connectivity index (χ1v) is 8.46. The average Bonchev–Trinajstić information content (AvgIpc) is 2.91. The first-order chi connectivity index (χ1) is 9.16. The maximum atomic E-state index is 11.8. The summed E-state index contributed by atoms with van der Waals surface area (Å²) >= 11 is 0. The molecule has 0 radical (unpaired) electrons.